The Labute approximate surface area is 455 Å². The second-order valence-corrected chi connectivity index (χ2v) is 24.0. The Hall–Kier alpha value is -6.42. The van der Waals surface area contributed by atoms with Gasteiger partial charge in [-0.15, -0.1) is 0 Å². The molecule has 4 fully saturated rings. The summed E-state index contributed by atoms with van der Waals surface area (Å²) in [6, 6.07) is 12.6. The molecule has 4 aromatic rings. The van der Waals surface area contributed by atoms with Crippen LogP contribution in [0, 0.1) is 11.5 Å². The minimum atomic E-state index is -4.97. The Morgan fingerprint density at radius 3 is 2.05 bits per heavy atom. The molecule has 3 aliphatic carbocycles. The first-order valence-electron chi connectivity index (χ1n) is 27.8. The predicted octanol–water partition coefficient (Wildman–Crippen LogP) is 8.10. The highest BCUT2D eigenvalue weighted by Crippen LogP contribution is 2.46. The quantitative estimate of drug-likeness (QED) is 0.0764. The summed E-state index contributed by atoms with van der Waals surface area (Å²) in [5, 5.41) is 40.9. The number of pyridine rings is 2. The second-order valence-electron chi connectivity index (χ2n) is 24.0. The summed E-state index contributed by atoms with van der Waals surface area (Å²) < 4.78 is 47.3. The number of hydrogen-bond donors (Lipinski definition) is 5. The first kappa shape index (κ1) is 56.3. The van der Waals surface area contributed by atoms with Gasteiger partial charge in [-0.2, -0.15) is 18.4 Å². The number of carbonyl (C=O) groups excluding carboxylic acids is 4. The SMILES string of the molecule is CC(C)(C)c1ccc(N(C(=O)[C@H]2C[C@@H](O)CN2C#N)C(C(=O)NC2CCCCC2)c2cnc(CC(C)(C)c3ccc(N(C(=O)C4CC(O)CN4)C4(C(=O)NC5CCCCC5)CCc5ccncc54)cc3)c(C(F)(F)F)c2)cc1. The van der Waals surface area contributed by atoms with Crippen molar-refractivity contribution in [2.24, 2.45) is 0 Å². The molecule has 2 saturated carbocycles. The Bertz CT molecular complexity index is 2870. The number of nitriles is 1. The molecule has 5 aliphatic rings. The average Bonchev–Trinajstić information content (AvgIpc) is 4.33. The van der Waals surface area contributed by atoms with Crippen molar-refractivity contribution in [3.05, 3.63) is 118 Å². The fraction of sp³-hybridized carbons (Fsp3) is 0.550. The number of aryl methyl sites for hydroxylation is 1. The van der Waals surface area contributed by atoms with Gasteiger partial charge in [0.1, 0.15) is 12.1 Å². The third kappa shape index (κ3) is 11.7. The fourth-order valence-corrected chi connectivity index (χ4v) is 12.6. The summed E-state index contributed by atoms with van der Waals surface area (Å²) in [4.78, 5) is 72.9. The predicted molar refractivity (Wildman–Crippen MR) is 289 cm³/mol. The number of carbonyl (C=O) groups is 4. The summed E-state index contributed by atoms with van der Waals surface area (Å²) >= 11 is 0. The molecule has 2 aliphatic heterocycles. The lowest BCUT2D eigenvalue weighted by Gasteiger charge is -2.43. The van der Waals surface area contributed by atoms with Crippen LogP contribution in [0.2, 0.25) is 0 Å². The number of anilines is 2. The molecule has 4 heterocycles. The molecule has 2 aromatic heterocycles. The van der Waals surface area contributed by atoms with Crippen LogP contribution < -0.4 is 25.8 Å². The van der Waals surface area contributed by atoms with Crippen molar-refractivity contribution in [1.29, 1.82) is 5.26 Å². The van der Waals surface area contributed by atoms with Crippen molar-refractivity contribution in [1.82, 2.24) is 30.8 Å². The van der Waals surface area contributed by atoms with Gasteiger partial charge in [0.25, 0.3) is 11.8 Å². The van der Waals surface area contributed by atoms with Gasteiger partial charge in [-0.1, -0.05) is 97.4 Å². The van der Waals surface area contributed by atoms with Gasteiger partial charge >= 0.3 is 6.18 Å². The Balaban J connectivity index is 1.09. The van der Waals surface area contributed by atoms with Crippen LogP contribution in [0.25, 0.3) is 0 Å². The first-order chi connectivity index (χ1) is 37.1. The number of nitrogens with one attached hydrogen (secondary N) is 3. The van der Waals surface area contributed by atoms with Crippen molar-refractivity contribution in [3.8, 4) is 6.19 Å². The normalized spacial score (nSPS) is 23.5. The van der Waals surface area contributed by atoms with Gasteiger partial charge in [-0.3, -0.25) is 43.8 Å². The van der Waals surface area contributed by atoms with Crippen molar-refractivity contribution < 1.29 is 42.6 Å². The van der Waals surface area contributed by atoms with E-state index in [9.17, 15) is 20.3 Å². The molecule has 0 spiro atoms. The summed E-state index contributed by atoms with van der Waals surface area (Å²) in [6.07, 6.45) is 9.00. The number of amides is 4. The van der Waals surface area contributed by atoms with Crippen LogP contribution in [-0.4, -0.2) is 98.2 Å². The minimum absolute atomic E-state index is 0.0706. The number of fused-ring (bicyclic) bond motifs is 1. The van der Waals surface area contributed by atoms with Crippen LogP contribution in [-0.2, 0) is 54.6 Å². The van der Waals surface area contributed by atoms with Crippen LogP contribution >= 0.6 is 0 Å². The van der Waals surface area contributed by atoms with Crippen LogP contribution in [0.4, 0.5) is 24.5 Å². The summed E-state index contributed by atoms with van der Waals surface area (Å²) in [7, 11) is 0. The number of aliphatic hydroxyl groups excluding tert-OH is 2. The van der Waals surface area contributed by atoms with Gasteiger partial charge in [-0.25, -0.2) is 0 Å². The van der Waals surface area contributed by atoms with E-state index in [0.29, 0.717) is 36.1 Å². The first-order valence-corrected chi connectivity index (χ1v) is 27.8. The van der Waals surface area contributed by atoms with E-state index in [1.54, 1.807) is 79.7 Å². The number of benzene rings is 2. The molecule has 0 radical (unpaired) electrons. The monoisotopic (exact) mass is 1070 g/mol. The van der Waals surface area contributed by atoms with Crippen LogP contribution in [0.1, 0.15) is 163 Å². The summed E-state index contributed by atoms with van der Waals surface area (Å²) in [5.41, 5.74) is -0.757. The highest BCUT2D eigenvalue weighted by atomic mass is 19.4. The number of hydrogen-bond acceptors (Lipinski definition) is 11. The zero-order valence-electron chi connectivity index (χ0n) is 45.4. The number of halogens is 3. The smallest absolute Gasteiger partial charge is 0.392 e. The molecule has 2 saturated heterocycles. The number of β-amino-alcohol motifs (C(OH)–C–C–N with tert-alkyl or cyclic N) is 2. The Morgan fingerprint density at radius 2 is 1.45 bits per heavy atom. The number of likely N-dealkylation sites (tertiary alicyclic amines) is 1. The largest absolute Gasteiger partial charge is 0.418 e. The lowest BCUT2D eigenvalue weighted by Crippen LogP contribution is -2.62. The molecule has 9 rings (SSSR count). The van der Waals surface area contributed by atoms with E-state index in [2.05, 4.69) is 25.9 Å². The van der Waals surface area contributed by atoms with E-state index < -0.39 is 70.7 Å². The molecular formula is C60H74F3N9O6. The van der Waals surface area contributed by atoms with E-state index in [1.807, 2.05) is 33.0 Å². The molecular weight excluding hydrogens is 1000 g/mol. The van der Waals surface area contributed by atoms with Crippen LogP contribution in [0.15, 0.2) is 79.3 Å². The van der Waals surface area contributed by atoms with Gasteiger partial charge in [0.15, 0.2) is 11.7 Å². The molecule has 4 amide bonds. The highest BCUT2D eigenvalue weighted by molar-refractivity contribution is 6.07. The minimum Gasteiger partial charge on any atom is -0.392 e. The van der Waals surface area contributed by atoms with E-state index in [4.69, 9.17) is 0 Å². The topological polar surface area (TPSA) is 204 Å². The number of aliphatic hydroxyl groups is 2. The van der Waals surface area contributed by atoms with E-state index >= 15 is 27.6 Å². The van der Waals surface area contributed by atoms with Gasteiger partial charge in [0, 0.05) is 66.1 Å². The third-order valence-corrected chi connectivity index (χ3v) is 17.0. The number of aromatic nitrogens is 2. The van der Waals surface area contributed by atoms with E-state index in [-0.39, 0.29) is 79.1 Å². The third-order valence-electron chi connectivity index (χ3n) is 17.0. The van der Waals surface area contributed by atoms with Crippen molar-refractivity contribution >= 4 is 35.0 Å². The zero-order valence-corrected chi connectivity index (χ0v) is 45.4. The van der Waals surface area contributed by atoms with Crippen molar-refractivity contribution in [2.75, 3.05) is 22.9 Å². The fourth-order valence-electron chi connectivity index (χ4n) is 12.6. The Kier molecular flexibility index (Phi) is 16.4. The second kappa shape index (κ2) is 22.7. The maximum absolute atomic E-state index is 15.8. The van der Waals surface area contributed by atoms with Crippen molar-refractivity contribution in [3.63, 3.8) is 0 Å². The molecule has 2 aromatic carbocycles. The lowest BCUT2D eigenvalue weighted by molar-refractivity contribution is -0.138. The van der Waals surface area contributed by atoms with Gasteiger partial charge in [0.05, 0.1) is 36.1 Å². The average molecular weight is 1070 g/mol. The standard InChI is InChI=1S/C60H74F3N9O6/c1-57(2,3)39-16-20-43(21-17-39)71(55(77)51-30-46(74)35-70(51)36-64)52(53(75)68-41-12-8-6-9-13-41)38-28-47(60(61,62)63)50(66-32-38)31-58(4,5)40-18-22-44(23-19-40)72(54(76)49-29-45(73)33-67-49)59(26-24-37-25-27-65-34-48(37)59)56(78)69-42-14-10-7-11-15-42/h16-23,25,27-28,32,34,41-42,45-46,49,51-52,67,73-74H,6-15,24,26,29-31,33,35H2,1-5H3,(H,68,75)(H,69,78)/t45?,46-,49?,51-,52?,59?/m1/s1. The molecule has 15 nitrogen and oxygen atoms in total. The molecule has 6 atom stereocenters. The summed E-state index contributed by atoms with van der Waals surface area (Å²) in [5.74, 6) is -2.14. The molecule has 4 unspecified atom stereocenters. The molecule has 5 N–H and O–H groups in total. The van der Waals surface area contributed by atoms with Gasteiger partial charge < -0.3 is 26.2 Å². The van der Waals surface area contributed by atoms with Crippen LogP contribution in [0.3, 0.4) is 0 Å². The van der Waals surface area contributed by atoms with Gasteiger partial charge in [0.2, 0.25) is 11.8 Å². The van der Waals surface area contributed by atoms with E-state index in [0.717, 1.165) is 73.5 Å². The Morgan fingerprint density at radius 1 is 0.821 bits per heavy atom. The van der Waals surface area contributed by atoms with E-state index in [1.165, 1.54) is 11.1 Å². The maximum Gasteiger partial charge on any atom is 0.418 e. The number of rotatable bonds is 14. The van der Waals surface area contributed by atoms with Crippen molar-refractivity contribution in [2.45, 2.75) is 196 Å². The lowest BCUT2D eigenvalue weighted by atomic mass is 9.79. The molecule has 416 valence electrons. The highest BCUT2D eigenvalue weighted by Gasteiger charge is 2.55. The number of alkyl halides is 3. The maximum atomic E-state index is 15.8. The van der Waals surface area contributed by atoms with Crippen LogP contribution in [0.5, 0.6) is 0 Å². The van der Waals surface area contributed by atoms with Gasteiger partial charge in [-0.05, 0) is 115 Å². The molecule has 18 heteroatoms. The molecule has 78 heavy (non-hydrogen) atoms. The number of nitrogens with zero attached hydrogens (tertiary/aromatic N) is 6. The zero-order chi connectivity index (χ0) is 55.7. The molecule has 0 bridgehead atoms. The summed E-state index contributed by atoms with van der Waals surface area (Å²) in [6.45, 7) is 9.71.